The highest BCUT2D eigenvalue weighted by atomic mass is 16.5. The summed E-state index contributed by atoms with van der Waals surface area (Å²) in [7, 11) is 1.64. The van der Waals surface area contributed by atoms with Gasteiger partial charge in [0.05, 0.1) is 12.8 Å². The summed E-state index contributed by atoms with van der Waals surface area (Å²) in [6, 6.07) is 17.4. The summed E-state index contributed by atoms with van der Waals surface area (Å²) in [5.41, 5.74) is 13.3. The topological polar surface area (TPSA) is 86.0 Å². The first-order valence-corrected chi connectivity index (χ1v) is 6.73. The second-order valence-electron chi connectivity index (χ2n) is 4.48. The maximum atomic E-state index is 5.34. The fourth-order valence-corrected chi connectivity index (χ4v) is 1.80. The lowest BCUT2D eigenvalue weighted by Gasteiger charge is -2.01. The van der Waals surface area contributed by atoms with Crippen molar-refractivity contribution in [2.45, 2.75) is 0 Å². The van der Waals surface area contributed by atoms with Gasteiger partial charge in [-0.05, 0) is 23.8 Å². The van der Waals surface area contributed by atoms with E-state index in [-0.39, 0.29) is 5.96 Å². The van der Waals surface area contributed by atoms with Crippen molar-refractivity contribution in [1.29, 1.82) is 0 Å². The van der Waals surface area contributed by atoms with Gasteiger partial charge in [0.25, 0.3) is 0 Å². The Morgan fingerprint density at radius 2 is 1.64 bits per heavy atom. The van der Waals surface area contributed by atoms with E-state index in [0.717, 1.165) is 16.9 Å². The van der Waals surface area contributed by atoms with Crippen LogP contribution in [0.25, 0.3) is 6.08 Å². The van der Waals surface area contributed by atoms with Crippen LogP contribution < -0.4 is 16.2 Å². The molecule has 0 fully saturated rings. The van der Waals surface area contributed by atoms with E-state index in [2.05, 4.69) is 10.2 Å². The molecule has 0 aromatic heterocycles. The Labute approximate surface area is 129 Å². The van der Waals surface area contributed by atoms with Gasteiger partial charge < -0.3 is 16.2 Å². The maximum absolute atomic E-state index is 5.34. The van der Waals surface area contributed by atoms with E-state index in [0.29, 0.717) is 5.71 Å². The molecule has 0 atom stereocenters. The molecular weight excluding hydrogens is 276 g/mol. The predicted octanol–water partition coefficient (Wildman–Crippen LogP) is 2.39. The summed E-state index contributed by atoms with van der Waals surface area (Å²) >= 11 is 0. The van der Waals surface area contributed by atoms with Crippen molar-refractivity contribution in [3.05, 3.63) is 71.8 Å². The number of rotatable bonds is 5. The lowest BCUT2D eigenvalue weighted by Crippen LogP contribution is -2.22. The lowest BCUT2D eigenvalue weighted by molar-refractivity contribution is 0.415. The summed E-state index contributed by atoms with van der Waals surface area (Å²) < 4.78 is 5.14. The Balaban J connectivity index is 2.27. The summed E-state index contributed by atoms with van der Waals surface area (Å²) in [6.45, 7) is 0. The smallest absolute Gasteiger partial charge is 0.211 e. The van der Waals surface area contributed by atoms with Crippen molar-refractivity contribution < 1.29 is 4.74 Å². The molecule has 2 aromatic carbocycles. The SMILES string of the molecule is COc1ccc(/C=C/C(=N/N=C(N)N)c2ccccc2)cc1. The van der Waals surface area contributed by atoms with Crippen molar-refractivity contribution >= 4 is 17.7 Å². The zero-order valence-electron chi connectivity index (χ0n) is 12.3. The van der Waals surface area contributed by atoms with Gasteiger partial charge in [0.15, 0.2) is 0 Å². The number of guanidine groups is 1. The van der Waals surface area contributed by atoms with Crippen LogP contribution in [0.1, 0.15) is 11.1 Å². The van der Waals surface area contributed by atoms with E-state index in [1.54, 1.807) is 7.11 Å². The number of nitrogens with zero attached hydrogens (tertiary/aromatic N) is 2. The van der Waals surface area contributed by atoms with Crippen LogP contribution in [0, 0.1) is 0 Å². The van der Waals surface area contributed by atoms with E-state index in [1.807, 2.05) is 66.7 Å². The van der Waals surface area contributed by atoms with Crippen LogP contribution in [-0.2, 0) is 0 Å². The molecule has 5 nitrogen and oxygen atoms in total. The van der Waals surface area contributed by atoms with E-state index < -0.39 is 0 Å². The molecule has 22 heavy (non-hydrogen) atoms. The number of allylic oxidation sites excluding steroid dienone is 1. The van der Waals surface area contributed by atoms with Gasteiger partial charge in [-0.1, -0.05) is 48.5 Å². The molecule has 0 saturated carbocycles. The maximum Gasteiger partial charge on any atom is 0.211 e. The molecule has 0 heterocycles. The molecule has 5 heteroatoms. The van der Waals surface area contributed by atoms with Crippen molar-refractivity contribution in [3.8, 4) is 5.75 Å². The molecule has 0 saturated heterocycles. The third-order valence-corrected chi connectivity index (χ3v) is 2.89. The van der Waals surface area contributed by atoms with Crippen LogP contribution in [0.2, 0.25) is 0 Å². The zero-order valence-corrected chi connectivity index (χ0v) is 12.3. The zero-order chi connectivity index (χ0) is 15.8. The Kier molecular flexibility index (Phi) is 5.31. The average Bonchev–Trinajstić information content (AvgIpc) is 2.56. The highest BCUT2D eigenvalue weighted by Crippen LogP contribution is 2.13. The molecule has 0 bridgehead atoms. The van der Waals surface area contributed by atoms with Gasteiger partial charge in [0.1, 0.15) is 5.75 Å². The average molecular weight is 294 g/mol. The second-order valence-corrected chi connectivity index (χ2v) is 4.48. The van der Waals surface area contributed by atoms with Gasteiger partial charge in [-0.3, -0.25) is 0 Å². The lowest BCUT2D eigenvalue weighted by atomic mass is 10.1. The Bertz CT molecular complexity index is 684. The first kappa shape index (κ1) is 15.3. The van der Waals surface area contributed by atoms with Gasteiger partial charge >= 0.3 is 0 Å². The highest BCUT2D eigenvalue weighted by Gasteiger charge is 1.99. The molecule has 112 valence electrons. The quantitative estimate of drug-likeness (QED) is 0.504. The minimum Gasteiger partial charge on any atom is -0.497 e. The van der Waals surface area contributed by atoms with Gasteiger partial charge in [0, 0.05) is 5.56 Å². The first-order chi connectivity index (χ1) is 10.7. The van der Waals surface area contributed by atoms with Gasteiger partial charge in [-0.2, -0.15) is 0 Å². The monoisotopic (exact) mass is 294 g/mol. The summed E-state index contributed by atoms with van der Waals surface area (Å²) in [5, 5.41) is 7.82. The van der Waals surface area contributed by atoms with E-state index in [1.165, 1.54) is 0 Å². The van der Waals surface area contributed by atoms with E-state index >= 15 is 0 Å². The molecule has 4 N–H and O–H groups in total. The van der Waals surface area contributed by atoms with Crippen molar-refractivity contribution in [1.82, 2.24) is 0 Å². The minimum atomic E-state index is -0.0775. The molecule has 2 rings (SSSR count). The van der Waals surface area contributed by atoms with Crippen LogP contribution >= 0.6 is 0 Å². The van der Waals surface area contributed by atoms with E-state index in [4.69, 9.17) is 16.2 Å². The Morgan fingerprint density at radius 3 is 2.23 bits per heavy atom. The Hall–Kier alpha value is -3.08. The molecule has 0 aliphatic heterocycles. The normalized spacial score (nSPS) is 11.4. The molecule has 0 amide bonds. The number of nitrogens with two attached hydrogens (primary N) is 2. The van der Waals surface area contributed by atoms with Crippen molar-refractivity contribution in [3.63, 3.8) is 0 Å². The number of hydrogen-bond acceptors (Lipinski definition) is 3. The first-order valence-electron chi connectivity index (χ1n) is 6.73. The largest absolute Gasteiger partial charge is 0.497 e. The highest BCUT2D eigenvalue weighted by molar-refractivity contribution is 6.10. The van der Waals surface area contributed by atoms with E-state index in [9.17, 15) is 0 Å². The van der Waals surface area contributed by atoms with Crippen LogP contribution in [0.15, 0.2) is 70.9 Å². The third-order valence-electron chi connectivity index (χ3n) is 2.89. The second kappa shape index (κ2) is 7.64. The summed E-state index contributed by atoms with van der Waals surface area (Å²) in [4.78, 5) is 0. The van der Waals surface area contributed by atoms with Crippen molar-refractivity contribution in [2.75, 3.05) is 7.11 Å². The Morgan fingerprint density at radius 1 is 0.955 bits per heavy atom. The standard InChI is InChI=1S/C17H18N4O/c1-22-15-10-7-13(8-11-15)9-12-16(20-21-17(18)19)14-5-3-2-4-6-14/h2-12H,1H3,(H4,18,19,21)/b12-9+,20-16-. The number of benzene rings is 2. The minimum absolute atomic E-state index is 0.0775. The third kappa shape index (κ3) is 4.49. The summed E-state index contributed by atoms with van der Waals surface area (Å²) in [5.74, 6) is 0.737. The number of methoxy groups -OCH3 is 1. The molecule has 0 aliphatic rings. The van der Waals surface area contributed by atoms with Crippen LogP contribution in [-0.4, -0.2) is 18.8 Å². The molecule has 0 unspecified atom stereocenters. The van der Waals surface area contributed by atoms with Crippen LogP contribution in [0.4, 0.5) is 0 Å². The number of ether oxygens (including phenoxy) is 1. The molecule has 0 spiro atoms. The molecular formula is C17H18N4O. The van der Waals surface area contributed by atoms with Gasteiger partial charge in [0.2, 0.25) is 5.96 Å². The van der Waals surface area contributed by atoms with Gasteiger partial charge in [-0.15, -0.1) is 10.2 Å². The van der Waals surface area contributed by atoms with Crippen LogP contribution in [0.5, 0.6) is 5.75 Å². The molecule has 2 aromatic rings. The number of hydrogen-bond donors (Lipinski definition) is 2. The summed E-state index contributed by atoms with van der Waals surface area (Å²) in [6.07, 6.45) is 3.80. The van der Waals surface area contributed by atoms with Crippen molar-refractivity contribution in [2.24, 2.45) is 21.7 Å². The fraction of sp³-hybridized carbons (Fsp3) is 0.0588. The predicted molar refractivity (Wildman–Crippen MR) is 90.8 cm³/mol. The molecule has 0 radical (unpaired) electrons. The van der Waals surface area contributed by atoms with Crippen LogP contribution in [0.3, 0.4) is 0 Å². The fourth-order valence-electron chi connectivity index (χ4n) is 1.80. The van der Waals surface area contributed by atoms with Gasteiger partial charge in [-0.25, -0.2) is 0 Å². The molecule has 0 aliphatic carbocycles.